The average molecular weight is 194 g/mol. The standard InChI is InChI=1S/C9H14N4O/c1-10-9(14)8-6-5-11-4-2-3-7(6)12-13-8/h11H,2-5H2,1H3,(H,10,14)(H,12,13). The minimum Gasteiger partial charge on any atom is -0.354 e. The van der Waals surface area contributed by atoms with Gasteiger partial charge in [0.2, 0.25) is 0 Å². The van der Waals surface area contributed by atoms with Crippen molar-refractivity contribution >= 4 is 5.91 Å². The van der Waals surface area contributed by atoms with E-state index in [1.807, 2.05) is 0 Å². The zero-order valence-corrected chi connectivity index (χ0v) is 8.18. The largest absolute Gasteiger partial charge is 0.354 e. The first kappa shape index (κ1) is 9.21. The van der Waals surface area contributed by atoms with Gasteiger partial charge >= 0.3 is 0 Å². The van der Waals surface area contributed by atoms with Crippen LogP contribution >= 0.6 is 0 Å². The first-order valence-electron chi connectivity index (χ1n) is 4.82. The molecule has 0 atom stereocenters. The van der Waals surface area contributed by atoms with Gasteiger partial charge in [0.05, 0.1) is 0 Å². The van der Waals surface area contributed by atoms with Gasteiger partial charge in [-0.25, -0.2) is 0 Å². The Morgan fingerprint density at radius 1 is 1.57 bits per heavy atom. The zero-order chi connectivity index (χ0) is 9.97. The second-order valence-electron chi connectivity index (χ2n) is 3.39. The normalized spacial score (nSPS) is 15.8. The molecule has 0 saturated carbocycles. The first-order valence-corrected chi connectivity index (χ1v) is 4.82. The number of aryl methyl sites for hydroxylation is 1. The molecule has 0 aliphatic carbocycles. The molecule has 5 heteroatoms. The van der Waals surface area contributed by atoms with Crippen molar-refractivity contribution < 1.29 is 4.79 Å². The number of H-pyrrole nitrogens is 1. The summed E-state index contributed by atoms with van der Waals surface area (Å²) in [7, 11) is 1.62. The van der Waals surface area contributed by atoms with Crippen molar-refractivity contribution in [1.29, 1.82) is 0 Å². The van der Waals surface area contributed by atoms with Crippen LogP contribution < -0.4 is 10.6 Å². The maximum atomic E-state index is 11.4. The summed E-state index contributed by atoms with van der Waals surface area (Å²) >= 11 is 0. The molecule has 0 radical (unpaired) electrons. The molecule has 0 fully saturated rings. The Kier molecular flexibility index (Phi) is 2.49. The fourth-order valence-corrected chi connectivity index (χ4v) is 1.71. The van der Waals surface area contributed by atoms with E-state index in [1.165, 1.54) is 0 Å². The monoisotopic (exact) mass is 194 g/mol. The lowest BCUT2D eigenvalue weighted by Gasteiger charge is -2.00. The minimum absolute atomic E-state index is 0.119. The Hall–Kier alpha value is -1.36. The Labute approximate surface area is 82.3 Å². The van der Waals surface area contributed by atoms with E-state index in [9.17, 15) is 4.79 Å². The quantitative estimate of drug-likeness (QED) is 0.580. The van der Waals surface area contributed by atoms with Crippen molar-refractivity contribution in [2.75, 3.05) is 13.6 Å². The van der Waals surface area contributed by atoms with E-state index in [-0.39, 0.29) is 5.91 Å². The highest BCUT2D eigenvalue weighted by Gasteiger charge is 2.19. The molecule has 3 N–H and O–H groups in total. The Bertz CT molecular complexity index is 345. The van der Waals surface area contributed by atoms with Crippen LogP contribution in [0.2, 0.25) is 0 Å². The number of rotatable bonds is 1. The SMILES string of the molecule is CNC(=O)c1n[nH]c2c1CNCCC2. The first-order chi connectivity index (χ1) is 6.83. The molecule has 0 aromatic carbocycles. The molecule has 1 aromatic rings. The molecule has 0 spiro atoms. The molecule has 5 nitrogen and oxygen atoms in total. The summed E-state index contributed by atoms with van der Waals surface area (Å²) in [5.74, 6) is -0.119. The molecule has 14 heavy (non-hydrogen) atoms. The minimum atomic E-state index is -0.119. The van der Waals surface area contributed by atoms with Crippen molar-refractivity contribution in [2.24, 2.45) is 0 Å². The molecule has 2 heterocycles. The average Bonchev–Trinajstić information content (AvgIpc) is 2.46. The molecule has 1 aliphatic rings. The highest BCUT2D eigenvalue weighted by molar-refractivity contribution is 5.93. The lowest BCUT2D eigenvalue weighted by molar-refractivity contribution is 0.0957. The fourth-order valence-electron chi connectivity index (χ4n) is 1.71. The van der Waals surface area contributed by atoms with Crippen LogP contribution in [0.25, 0.3) is 0 Å². The van der Waals surface area contributed by atoms with Gasteiger partial charge in [-0.05, 0) is 19.4 Å². The molecule has 0 bridgehead atoms. The van der Waals surface area contributed by atoms with Crippen molar-refractivity contribution in [1.82, 2.24) is 20.8 Å². The van der Waals surface area contributed by atoms with Gasteiger partial charge in [0.15, 0.2) is 5.69 Å². The summed E-state index contributed by atoms with van der Waals surface area (Å²) in [6.07, 6.45) is 2.05. The summed E-state index contributed by atoms with van der Waals surface area (Å²) in [4.78, 5) is 11.4. The molecule has 1 amide bonds. The number of hydrogen-bond donors (Lipinski definition) is 3. The predicted octanol–water partition coefficient (Wildman–Crippen LogP) is -0.195. The summed E-state index contributed by atoms with van der Waals surface area (Å²) in [5, 5.41) is 12.8. The molecular formula is C9H14N4O. The highest BCUT2D eigenvalue weighted by Crippen LogP contribution is 2.15. The van der Waals surface area contributed by atoms with E-state index in [2.05, 4.69) is 20.8 Å². The van der Waals surface area contributed by atoms with Gasteiger partial charge in [-0.1, -0.05) is 0 Å². The van der Waals surface area contributed by atoms with Crippen LogP contribution in [-0.2, 0) is 13.0 Å². The lowest BCUT2D eigenvalue weighted by atomic mass is 10.1. The molecule has 0 unspecified atom stereocenters. The number of carbonyl (C=O) groups excluding carboxylic acids is 1. The number of nitrogens with zero attached hydrogens (tertiary/aromatic N) is 1. The van der Waals surface area contributed by atoms with Crippen molar-refractivity contribution in [3.8, 4) is 0 Å². The number of aromatic amines is 1. The topological polar surface area (TPSA) is 69.8 Å². The van der Waals surface area contributed by atoms with Gasteiger partial charge in [-0.3, -0.25) is 9.89 Å². The molecule has 2 rings (SSSR count). The molecular weight excluding hydrogens is 180 g/mol. The third kappa shape index (κ3) is 1.50. The third-order valence-corrected chi connectivity index (χ3v) is 2.48. The zero-order valence-electron chi connectivity index (χ0n) is 8.18. The van der Waals surface area contributed by atoms with Crippen LogP contribution in [0.5, 0.6) is 0 Å². The van der Waals surface area contributed by atoms with Crippen molar-refractivity contribution in [3.05, 3.63) is 17.0 Å². The van der Waals surface area contributed by atoms with Crippen LogP contribution in [0.4, 0.5) is 0 Å². The van der Waals surface area contributed by atoms with Crippen LogP contribution in [0.1, 0.15) is 28.2 Å². The highest BCUT2D eigenvalue weighted by atomic mass is 16.1. The third-order valence-electron chi connectivity index (χ3n) is 2.48. The smallest absolute Gasteiger partial charge is 0.271 e. The number of aromatic nitrogens is 2. The summed E-state index contributed by atoms with van der Waals surface area (Å²) in [6, 6.07) is 0. The van der Waals surface area contributed by atoms with Gasteiger partial charge in [-0.15, -0.1) is 0 Å². The fraction of sp³-hybridized carbons (Fsp3) is 0.556. The van der Waals surface area contributed by atoms with Gasteiger partial charge < -0.3 is 10.6 Å². The second-order valence-corrected chi connectivity index (χ2v) is 3.39. The molecule has 1 aromatic heterocycles. The van der Waals surface area contributed by atoms with E-state index in [4.69, 9.17) is 0 Å². The number of fused-ring (bicyclic) bond motifs is 1. The van der Waals surface area contributed by atoms with Crippen LogP contribution in [-0.4, -0.2) is 29.7 Å². The predicted molar refractivity (Wildman–Crippen MR) is 52.0 cm³/mol. The molecule has 76 valence electrons. The van der Waals surface area contributed by atoms with E-state index in [0.717, 1.165) is 37.2 Å². The lowest BCUT2D eigenvalue weighted by Crippen LogP contribution is -2.21. The Morgan fingerprint density at radius 2 is 2.43 bits per heavy atom. The summed E-state index contributed by atoms with van der Waals surface area (Å²) in [5.41, 5.74) is 2.63. The number of amides is 1. The van der Waals surface area contributed by atoms with E-state index in [0.29, 0.717) is 5.69 Å². The van der Waals surface area contributed by atoms with Crippen LogP contribution in [0, 0.1) is 0 Å². The number of hydrogen-bond acceptors (Lipinski definition) is 3. The second kappa shape index (κ2) is 3.79. The van der Waals surface area contributed by atoms with Gasteiger partial charge in [-0.2, -0.15) is 5.10 Å². The molecule has 0 saturated heterocycles. The van der Waals surface area contributed by atoms with Gasteiger partial charge in [0, 0.05) is 24.8 Å². The van der Waals surface area contributed by atoms with Gasteiger partial charge in [0.1, 0.15) is 0 Å². The van der Waals surface area contributed by atoms with Crippen LogP contribution in [0.15, 0.2) is 0 Å². The van der Waals surface area contributed by atoms with Crippen molar-refractivity contribution in [2.45, 2.75) is 19.4 Å². The number of nitrogens with one attached hydrogen (secondary N) is 3. The molecule has 1 aliphatic heterocycles. The van der Waals surface area contributed by atoms with Crippen molar-refractivity contribution in [3.63, 3.8) is 0 Å². The Morgan fingerprint density at radius 3 is 3.21 bits per heavy atom. The van der Waals surface area contributed by atoms with Crippen LogP contribution in [0.3, 0.4) is 0 Å². The van der Waals surface area contributed by atoms with E-state index >= 15 is 0 Å². The summed E-state index contributed by atoms with van der Waals surface area (Å²) < 4.78 is 0. The maximum absolute atomic E-state index is 11.4. The van der Waals surface area contributed by atoms with E-state index in [1.54, 1.807) is 7.05 Å². The van der Waals surface area contributed by atoms with Gasteiger partial charge in [0.25, 0.3) is 5.91 Å². The maximum Gasteiger partial charge on any atom is 0.271 e. The number of carbonyl (C=O) groups is 1. The Balaban J connectivity index is 2.34. The van der Waals surface area contributed by atoms with E-state index < -0.39 is 0 Å². The summed E-state index contributed by atoms with van der Waals surface area (Å²) in [6.45, 7) is 1.73.